The molecule has 2 aromatic rings. The molecule has 2 heterocycles. The quantitative estimate of drug-likeness (QED) is 0.771. The van der Waals surface area contributed by atoms with Crippen molar-refractivity contribution in [2.24, 2.45) is 5.73 Å². The number of aromatic nitrogens is 4. The molecule has 0 aliphatic heterocycles. The Labute approximate surface area is 97.1 Å². The van der Waals surface area contributed by atoms with E-state index >= 15 is 0 Å². The Morgan fingerprint density at radius 1 is 1.50 bits per heavy atom. The molecule has 0 unspecified atom stereocenters. The average molecular weight is 235 g/mol. The summed E-state index contributed by atoms with van der Waals surface area (Å²) in [7, 11) is 1.55. The Hall–Kier alpha value is -2.02. The van der Waals surface area contributed by atoms with Gasteiger partial charge in [-0.3, -0.25) is 0 Å². The third-order valence-corrected chi connectivity index (χ3v) is 2.09. The summed E-state index contributed by atoms with van der Waals surface area (Å²) in [6.07, 6.45) is 3.15. The van der Waals surface area contributed by atoms with Crippen molar-refractivity contribution in [3.05, 3.63) is 30.5 Å². The van der Waals surface area contributed by atoms with Gasteiger partial charge in [0.25, 0.3) is 0 Å². The number of nitrogens with zero attached hydrogens (tertiary/aromatic N) is 4. The number of ether oxygens (including phenoxy) is 1. The lowest BCUT2D eigenvalue weighted by Crippen LogP contribution is -2.12. The first kappa shape index (κ1) is 10.5. The fourth-order valence-corrected chi connectivity index (χ4v) is 1.25. The molecular weight excluding hydrogens is 226 g/mol. The Bertz CT molecular complexity index is 524. The van der Waals surface area contributed by atoms with Crippen molar-refractivity contribution in [2.75, 3.05) is 7.11 Å². The second-order valence-electron chi connectivity index (χ2n) is 2.93. The van der Waals surface area contributed by atoms with Crippen LogP contribution in [0, 0.1) is 0 Å². The lowest BCUT2D eigenvalue weighted by Gasteiger charge is -2.02. The first-order valence-electron chi connectivity index (χ1n) is 4.42. The van der Waals surface area contributed by atoms with Crippen LogP contribution in [0.4, 0.5) is 0 Å². The number of methoxy groups -OCH3 is 1. The van der Waals surface area contributed by atoms with Gasteiger partial charge in [-0.2, -0.15) is 0 Å². The standard InChI is InChI=1S/C9H9N5OS/c1-15-7-4-6(2-3-11-7)14-5-12-9(13-14)8(10)16/h2-5H,1H3,(H2,10,16). The summed E-state index contributed by atoms with van der Waals surface area (Å²) in [6.45, 7) is 0. The Morgan fingerprint density at radius 2 is 2.31 bits per heavy atom. The third kappa shape index (κ3) is 1.98. The second kappa shape index (κ2) is 4.23. The van der Waals surface area contributed by atoms with Gasteiger partial charge in [-0.1, -0.05) is 12.2 Å². The van der Waals surface area contributed by atoms with Crippen LogP contribution in [0.3, 0.4) is 0 Å². The minimum Gasteiger partial charge on any atom is -0.481 e. The minimum absolute atomic E-state index is 0.166. The molecule has 0 amide bonds. The van der Waals surface area contributed by atoms with E-state index in [4.69, 9.17) is 22.7 Å². The maximum absolute atomic E-state index is 5.42. The van der Waals surface area contributed by atoms with E-state index in [1.165, 1.54) is 6.33 Å². The van der Waals surface area contributed by atoms with Crippen molar-refractivity contribution in [2.45, 2.75) is 0 Å². The van der Waals surface area contributed by atoms with E-state index in [1.807, 2.05) is 0 Å². The van der Waals surface area contributed by atoms with Crippen LogP contribution in [0.2, 0.25) is 0 Å². The van der Waals surface area contributed by atoms with Gasteiger partial charge in [0.15, 0.2) is 0 Å². The van der Waals surface area contributed by atoms with E-state index in [0.29, 0.717) is 11.7 Å². The Morgan fingerprint density at radius 3 is 2.94 bits per heavy atom. The molecule has 2 rings (SSSR count). The molecule has 7 heteroatoms. The van der Waals surface area contributed by atoms with Gasteiger partial charge >= 0.3 is 0 Å². The van der Waals surface area contributed by atoms with Crippen molar-refractivity contribution in [3.63, 3.8) is 0 Å². The lowest BCUT2D eigenvalue weighted by molar-refractivity contribution is 0.397. The van der Waals surface area contributed by atoms with Crippen molar-refractivity contribution in [3.8, 4) is 11.6 Å². The maximum atomic E-state index is 5.42. The SMILES string of the molecule is COc1cc(-n2cnc(C(N)=S)n2)ccn1. The smallest absolute Gasteiger partial charge is 0.215 e. The van der Waals surface area contributed by atoms with Gasteiger partial charge < -0.3 is 10.5 Å². The fourth-order valence-electron chi connectivity index (χ4n) is 1.15. The van der Waals surface area contributed by atoms with Gasteiger partial charge in [0.05, 0.1) is 12.8 Å². The zero-order chi connectivity index (χ0) is 11.5. The highest BCUT2D eigenvalue weighted by molar-refractivity contribution is 7.80. The summed E-state index contributed by atoms with van der Waals surface area (Å²) in [5.74, 6) is 0.843. The predicted molar refractivity (Wildman–Crippen MR) is 61.6 cm³/mol. The van der Waals surface area contributed by atoms with Crippen LogP contribution in [0.5, 0.6) is 5.88 Å². The van der Waals surface area contributed by atoms with E-state index in [2.05, 4.69) is 15.1 Å². The highest BCUT2D eigenvalue weighted by Gasteiger charge is 2.05. The second-order valence-corrected chi connectivity index (χ2v) is 3.37. The number of hydrogen-bond acceptors (Lipinski definition) is 5. The first-order chi connectivity index (χ1) is 7.70. The largest absolute Gasteiger partial charge is 0.481 e. The summed E-state index contributed by atoms with van der Waals surface area (Å²) >= 11 is 4.78. The molecule has 0 saturated heterocycles. The van der Waals surface area contributed by atoms with E-state index in [-0.39, 0.29) is 4.99 Å². The molecule has 6 nitrogen and oxygen atoms in total. The third-order valence-electron chi connectivity index (χ3n) is 1.90. The van der Waals surface area contributed by atoms with Gasteiger partial charge in [-0.15, -0.1) is 5.10 Å². The summed E-state index contributed by atoms with van der Waals surface area (Å²) < 4.78 is 6.56. The van der Waals surface area contributed by atoms with Crippen LogP contribution >= 0.6 is 12.2 Å². The Balaban J connectivity index is 2.38. The van der Waals surface area contributed by atoms with Crippen molar-refractivity contribution < 1.29 is 4.74 Å². The highest BCUT2D eigenvalue weighted by Crippen LogP contribution is 2.11. The van der Waals surface area contributed by atoms with Gasteiger partial charge in [-0.25, -0.2) is 14.6 Å². The van der Waals surface area contributed by atoms with Gasteiger partial charge in [0.2, 0.25) is 11.7 Å². The zero-order valence-electron chi connectivity index (χ0n) is 8.49. The van der Waals surface area contributed by atoms with E-state index in [9.17, 15) is 0 Å². The fraction of sp³-hybridized carbons (Fsp3) is 0.111. The summed E-state index contributed by atoms with van der Waals surface area (Å²) in [5.41, 5.74) is 6.20. The van der Waals surface area contributed by atoms with E-state index in [0.717, 1.165) is 5.69 Å². The van der Waals surface area contributed by atoms with Crippen LogP contribution in [-0.4, -0.2) is 31.8 Å². The predicted octanol–water partition coefficient (Wildman–Crippen LogP) is 0.305. The van der Waals surface area contributed by atoms with Crippen LogP contribution in [0.25, 0.3) is 5.69 Å². The highest BCUT2D eigenvalue weighted by atomic mass is 32.1. The average Bonchev–Trinajstić information content (AvgIpc) is 2.78. The summed E-state index contributed by atoms with van der Waals surface area (Å²) in [4.78, 5) is 8.13. The lowest BCUT2D eigenvalue weighted by atomic mass is 10.4. The zero-order valence-corrected chi connectivity index (χ0v) is 9.31. The molecule has 0 spiro atoms. The monoisotopic (exact) mass is 235 g/mol. The molecule has 0 atom stereocenters. The molecule has 0 radical (unpaired) electrons. The molecule has 2 aromatic heterocycles. The van der Waals surface area contributed by atoms with Gasteiger partial charge in [0.1, 0.15) is 11.3 Å². The molecule has 0 aromatic carbocycles. The molecule has 0 bridgehead atoms. The van der Waals surface area contributed by atoms with Crippen LogP contribution < -0.4 is 10.5 Å². The molecule has 0 saturated carbocycles. The first-order valence-corrected chi connectivity index (χ1v) is 4.83. The van der Waals surface area contributed by atoms with E-state index < -0.39 is 0 Å². The van der Waals surface area contributed by atoms with E-state index in [1.54, 1.807) is 30.1 Å². The Kier molecular flexibility index (Phi) is 2.78. The molecule has 0 aliphatic carbocycles. The molecule has 2 N–H and O–H groups in total. The summed E-state index contributed by atoms with van der Waals surface area (Å²) in [5, 5.41) is 4.11. The van der Waals surface area contributed by atoms with Crippen molar-refractivity contribution >= 4 is 17.2 Å². The van der Waals surface area contributed by atoms with Crippen LogP contribution in [0.15, 0.2) is 24.7 Å². The minimum atomic E-state index is 0.166. The van der Waals surface area contributed by atoms with Crippen LogP contribution in [0.1, 0.15) is 5.82 Å². The molecule has 0 aliphatic rings. The number of thiocarbonyl (C=S) groups is 1. The number of rotatable bonds is 3. The van der Waals surface area contributed by atoms with Crippen LogP contribution in [-0.2, 0) is 0 Å². The summed E-state index contributed by atoms with van der Waals surface area (Å²) in [6, 6.07) is 3.51. The normalized spacial score (nSPS) is 10.1. The molecule has 82 valence electrons. The number of nitrogens with two attached hydrogens (primary N) is 1. The number of pyridine rings is 1. The molecule has 0 fully saturated rings. The van der Waals surface area contributed by atoms with Crippen molar-refractivity contribution in [1.29, 1.82) is 0 Å². The van der Waals surface area contributed by atoms with Gasteiger partial charge in [0, 0.05) is 12.3 Å². The topological polar surface area (TPSA) is 78.9 Å². The molecular formula is C9H9N5OS. The van der Waals surface area contributed by atoms with Crippen molar-refractivity contribution in [1.82, 2.24) is 19.7 Å². The molecule has 16 heavy (non-hydrogen) atoms. The maximum Gasteiger partial charge on any atom is 0.215 e. The van der Waals surface area contributed by atoms with Gasteiger partial charge in [-0.05, 0) is 6.07 Å². The number of hydrogen-bond donors (Lipinski definition) is 1.